The molecule has 3 nitrogen and oxygen atoms in total. The second kappa shape index (κ2) is 6.75. The summed E-state index contributed by atoms with van der Waals surface area (Å²) >= 11 is 0. The average Bonchev–Trinajstić information content (AvgIpc) is 2.46. The zero-order valence-corrected chi connectivity index (χ0v) is 11.9. The van der Waals surface area contributed by atoms with E-state index in [1.54, 1.807) is 0 Å². The lowest BCUT2D eigenvalue weighted by Gasteiger charge is -2.12. The Balaban J connectivity index is 2.20. The Hall–Kier alpha value is -2.29. The Morgan fingerprint density at radius 1 is 1.10 bits per heavy atom. The molecular formula is C17H20N2O. The van der Waals surface area contributed by atoms with Crippen molar-refractivity contribution in [2.24, 2.45) is 0 Å². The molecule has 0 aliphatic carbocycles. The summed E-state index contributed by atoms with van der Waals surface area (Å²) in [6.07, 6.45) is 1.02. The van der Waals surface area contributed by atoms with Crippen molar-refractivity contribution >= 4 is 17.3 Å². The van der Waals surface area contributed by atoms with Gasteiger partial charge in [0.05, 0.1) is 5.56 Å². The van der Waals surface area contributed by atoms with Gasteiger partial charge in [0, 0.05) is 17.9 Å². The molecule has 2 aromatic carbocycles. The number of rotatable bonds is 5. The number of anilines is 2. The smallest absolute Gasteiger partial charge is 0.257 e. The maximum atomic E-state index is 12.4. The quantitative estimate of drug-likeness (QED) is 0.858. The SMILES string of the molecule is CCCNc1cc(C)ccc1C(=O)Nc1ccccc1. The van der Waals surface area contributed by atoms with E-state index in [-0.39, 0.29) is 5.91 Å². The Kier molecular flexibility index (Phi) is 4.77. The van der Waals surface area contributed by atoms with Crippen LogP contribution in [0.5, 0.6) is 0 Å². The first-order valence-electron chi connectivity index (χ1n) is 6.91. The molecule has 1 amide bonds. The number of hydrogen-bond donors (Lipinski definition) is 2. The standard InChI is InChI=1S/C17H20N2O/c1-3-11-18-16-12-13(2)9-10-15(16)17(20)19-14-7-5-4-6-8-14/h4-10,12,18H,3,11H2,1-2H3,(H,19,20). The lowest BCUT2D eigenvalue weighted by molar-refractivity contribution is 0.102. The summed E-state index contributed by atoms with van der Waals surface area (Å²) in [5, 5.41) is 6.23. The van der Waals surface area contributed by atoms with Crippen LogP contribution >= 0.6 is 0 Å². The Morgan fingerprint density at radius 3 is 2.55 bits per heavy atom. The second-order valence-corrected chi connectivity index (χ2v) is 4.80. The van der Waals surface area contributed by atoms with Gasteiger partial charge in [-0.05, 0) is 43.2 Å². The largest absolute Gasteiger partial charge is 0.384 e. The molecule has 2 N–H and O–H groups in total. The van der Waals surface area contributed by atoms with Crippen LogP contribution in [0.4, 0.5) is 11.4 Å². The molecule has 0 bridgehead atoms. The molecule has 0 spiro atoms. The van der Waals surface area contributed by atoms with Gasteiger partial charge in [0.25, 0.3) is 5.91 Å². The molecule has 0 aliphatic heterocycles. The van der Waals surface area contributed by atoms with Crippen molar-refractivity contribution in [1.29, 1.82) is 0 Å². The van der Waals surface area contributed by atoms with Gasteiger partial charge in [0.15, 0.2) is 0 Å². The fraction of sp³-hybridized carbons (Fsp3) is 0.235. The molecule has 0 aliphatic rings. The topological polar surface area (TPSA) is 41.1 Å². The van der Waals surface area contributed by atoms with Crippen LogP contribution in [0, 0.1) is 6.92 Å². The van der Waals surface area contributed by atoms with Crippen LogP contribution in [-0.2, 0) is 0 Å². The molecule has 0 heterocycles. The fourth-order valence-corrected chi connectivity index (χ4v) is 1.98. The van der Waals surface area contributed by atoms with Gasteiger partial charge >= 0.3 is 0 Å². The van der Waals surface area contributed by atoms with Crippen molar-refractivity contribution < 1.29 is 4.79 Å². The van der Waals surface area contributed by atoms with E-state index in [0.717, 1.165) is 29.9 Å². The molecule has 0 saturated carbocycles. The zero-order chi connectivity index (χ0) is 14.4. The van der Waals surface area contributed by atoms with Gasteiger partial charge in [-0.15, -0.1) is 0 Å². The number of aryl methyl sites for hydroxylation is 1. The molecule has 0 aromatic heterocycles. The summed E-state index contributed by atoms with van der Waals surface area (Å²) in [7, 11) is 0. The summed E-state index contributed by atoms with van der Waals surface area (Å²) in [5.74, 6) is -0.0881. The van der Waals surface area contributed by atoms with Gasteiger partial charge in [-0.25, -0.2) is 0 Å². The molecule has 104 valence electrons. The molecule has 2 aromatic rings. The summed E-state index contributed by atoms with van der Waals surface area (Å²) in [5.41, 5.74) is 3.51. The van der Waals surface area contributed by atoms with Crippen LogP contribution < -0.4 is 10.6 Å². The predicted molar refractivity (Wildman–Crippen MR) is 84.4 cm³/mol. The summed E-state index contributed by atoms with van der Waals surface area (Å²) in [4.78, 5) is 12.4. The molecule has 0 saturated heterocycles. The zero-order valence-electron chi connectivity index (χ0n) is 11.9. The first-order valence-corrected chi connectivity index (χ1v) is 6.91. The molecule has 2 rings (SSSR count). The highest BCUT2D eigenvalue weighted by molar-refractivity contribution is 6.08. The minimum absolute atomic E-state index is 0.0881. The number of para-hydroxylation sites is 1. The Labute approximate surface area is 120 Å². The molecule has 0 fully saturated rings. The fourth-order valence-electron chi connectivity index (χ4n) is 1.98. The van der Waals surface area contributed by atoms with Crippen molar-refractivity contribution in [1.82, 2.24) is 0 Å². The Morgan fingerprint density at radius 2 is 1.85 bits per heavy atom. The van der Waals surface area contributed by atoms with E-state index in [2.05, 4.69) is 17.6 Å². The van der Waals surface area contributed by atoms with Gasteiger partial charge in [0.2, 0.25) is 0 Å². The highest BCUT2D eigenvalue weighted by atomic mass is 16.1. The summed E-state index contributed by atoms with van der Waals surface area (Å²) < 4.78 is 0. The van der Waals surface area contributed by atoms with E-state index in [4.69, 9.17) is 0 Å². The average molecular weight is 268 g/mol. The second-order valence-electron chi connectivity index (χ2n) is 4.80. The van der Waals surface area contributed by atoms with Crippen molar-refractivity contribution in [3.63, 3.8) is 0 Å². The van der Waals surface area contributed by atoms with Crippen molar-refractivity contribution in [2.75, 3.05) is 17.2 Å². The first-order chi connectivity index (χ1) is 9.70. The lowest BCUT2D eigenvalue weighted by atomic mass is 10.1. The van der Waals surface area contributed by atoms with Crippen LogP contribution in [0.3, 0.4) is 0 Å². The van der Waals surface area contributed by atoms with Gasteiger partial charge in [-0.3, -0.25) is 4.79 Å². The third-order valence-corrected chi connectivity index (χ3v) is 3.02. The molecule has 0 atom stereocenters. The Bertz CT molecular complexity index is 579. The normalized spacial score (nSPS) is 10.1. The van der Waals surface area contributed by atoms with E-state index in [1.807, 2.05) is 55.5 Å². The molecule has 3 heteroatoms. The van der Waals surface area contributed by atoms with Crippen LogP contribution in [0.1, 0.15) is 29.3 Å². The van der Waals surface area contributed by atoms with E-state index in [9.17, 15) is 4.79 Å². The van der Waals surface area contributed by atoms with Crippen LogP contribution in [0.15, 0.2) is 48.5 Å². The number of amides is 1. The van der Waals surface area contributed by atoms with E-state index in [0.29, 0.717) is 5.56 Å². The van der Waals surface area contributed by atoms with Crippen molar-refractivity contribution in [2.45, 2.75) is 20.3 Å². The lowest BCUT2D eigenvalue weighted by Crippen LogP contribution is -2.15. The van der Waals surface area contributed by atoms with Gasteiger partial charge < -0.3 is 10.6 Å². The van der Waals surface area contributed by atoms with E-state index >= 15 is 0 Å². The molecule has 20 heavy (non-hydrogen) atoms. The van der Waals surface area contributed by atoms with Gasteiger partial charge in [0.1, 0.15) is 0 Å². The van der Waals surface area contributed by atoms with Crippen LogP contribution in [0.25, 0.3) is 0 Å². The highest BCUT2D eigenvalue weighted by Gasteiger charge is 2.11. The van der Waals surface area contributed by atoms with E-state index in [1.165, 1.54) is 0 Å². The monoisotopic (exact) mass is 268 g/mol. The molecule has 0 radical (unpaired) electrons. The van der Waals surface area contributed by atoms with Crippen molar-refractivity contribution in [3.05, 3.63) is 59.7 Å². The molecule has 0 unspecified atom stereocenters. The predicted octanol–water partition coefficient (Wildman–Crippen LogP) is 4.07. The third kappa shape index (κ3) is 3.60. The third-order valence-electron chi connectivity index (χ3n) is 3.02. The number of hydrogen-bond acceptors (Lipinski definition) is 2. The number of carbonyl (C=O) groups is 1. The van der Waals surface area contributed by atoms with Gasteiger partial charge in [-0.2, -0.15) is 0 Å². The van der Waals surface area contributed by atoms with Crippen LogP contribution in [-0.4, -0.2) is 12.5 Å². The molecular weight excluding hydrogens is 248 g/mol. The summed E-state index contributed by atoms with van der Waals surface area (Å²) in [6.45, 7) is 4.98. The minimum Gasteiger partial charge on any atom is -0.384 e. The number of carbonyl (C=O) groups excluding carboxylic acids is 1. The van der Waals surface area contributed by atoms with Gasteiger partial charge in [-0.1, -0.05) is 31.2 Å². The van der Waals surface area contributed by atoms with Crippen LogP contribution in [0.2, 0.25) is 0 Å². The van der Waals surface area contributed by atoms with E-state index < -0.39 is 0 Å². The number of benzene rings is 2. The highest BCUT2D eigenvalue weighted by Crippen LogP contribution is 2.19. The summed E-state index contributed by atoms with van der Waals surface area (Å²) in [6, 6.07) is 15.3. The number of nitrogens with one attached hydrogen (secondary N) is 2. The maximum Gasteiger partial charge on any atom is 0.257 e. The first kappa shape index (κ1) is 14.1. The van der Waals surface area contributed by atoms with Crippen molar-refractivity contribution in [3.8, 4) is 0 Å². The maximum absolute atomic E-state index is 12.4. The minimum atomic E-state index is -0.0881.